The van der Waals surface area contributed by atoms with Crippen LogP contribution < -0.4 is 10.9 Å². The molecule has 14 heteroatoms. The molecule has 2 aliphatic rings. The summed E-state index contributed by atoms with van der Waals surface area (Å²) in [7, 11) is -6.00. The Labute approximate surface area is 169 Å². The topological polar surface area (TPSA) is 50.2 Å². The summed E-state index contributed by atoms with van der Waals surface area (Å²) in [5.74, 6) is -9.77. The third-order valence-electron chi connectivity index (χ3n) is 4.49. The van der Waals surface area contributed by atoms with E-state index in [9.17, 15) is 39.2 Å². The van der Waals surface area contributed by atoms with Crippen LogP contribution in [0.2, 0.25) is 0 Å². The fourth-order valence-corrected chi connectivity index (χ4v) is 3.21. The quantitative estimate of drug-likeness (QED) is 0.181. The lowest BCUT2D eigenvalue weighted by Crippen LogP contribution is -2.93. The molecule has 168 valence electrons. The molecule has 0 fully saturated rings. The number of nitrogens with one attached hydrogen (secondary N) is 1. The van der Waals surface area contributed by atoms with Crippen LogP contribution in [0.25, 0.3) is 0 Å². The van der Waals surface area contributed by atoms with Gasteiger partial charge in [-0.2, -0.15) is 5.43 Å². The van der Waals surface area contributed by atoms with Crippen molar-refractivity contribution in [3.05, 3.63) is 64.5 Å². The predicted octanol–water partition coefficient (Wildman–Crippen LogP) is 3.67. The summed E-state index contributed by atoms with van der Waals surface area (Å²) in [4.78, 5) is 4.49. The molecule has 1 aliphatic carbocycles. The van der Waals surface area contributed by atoms with E-state index in [0.29, 0.717) is 12.3 Å². The molecule has 4 nitrogen and oxygen atoms in total. The second-order valence-corrected chi connectivity index (χ2v) is 6.55. The first kappa shape index (κ1) is 22.9. The lowest BCUT2D eigenvalue weighted by Gasteiger charge is -2.23. The van der Waals surface area contributed by atoms with Crippen LogP contribution in [0.1, 0.15) is 17.2 Å². The third kappa shape index (κ3) is 5.13. The number of halogens is 9. The fourth-order valence-electron chi connectivity index (χ4n) is 3.21. The molecule has 4 rings (SSSR count). The number of ether oxygens (including phenoxy) is 1. The van der Waals surface area contributed by atoms with Gasteiger partial charge in [-0.15, -0.1) is 0 Å². The lowest BCUT2D eigenvalue weighted by atomic mass is 10.1. The maximum absolute atomic E-state index is 13.7. The van der Waals surface area contributed by atoms with Gasteiger partial charge in [0.15, 0.2) is 29.0 Å². The van der Waals surface area contributed by atoms with Crippen molar-refractivity contribution < 1.29 is 49.4 Å². The van der Waals surface area contributed by atoms with E-state index in [4.69, 9.17) is 4.74 Å². The summed E-state index contributed by atoms with van der Waals surface area (Å²) in [5.41, 5.74) is 4.21. The Kier molecular flexibility index (Phi) is 6.50. The largest absolute Gasteiger partial charge is 0.673 e. The van der Waals surface area contributed by atoms with Crippen molar-refractivity contribution in [3.63, 3.8) is 0 Å². The van der Waals surface area contributed by atoms with E-state index in [1.807, 2.05) is 24.3 Å². The van der Waals surface area contributed by atoms with E-state index >= 15 is 0 Å². The van der Waals surface area contributed by atoms with Gasteiger partial charge in [0.1, 0.15) is 12.6 Å². The van der Waals surface area contributed by atoms with Gasteiger partial charge in [0.25, 0.3) is 0 Å². The molecular weight excluding hydrogens is 444 g/mol. The van der Waals surface area contributed by atoms with Crippen molar-refractivity contribution >= 4 is 18.8 Å². The molecule has 0 saturated heterocycles. The highest BCUT2D eigenvalue weighted by atomic mass is 19.5. The number of amidine groups is 1. The number of nitrogens with two attached hydrogens (primary N) is 1. The summed E-state index contributed by atoms with van der Waals surface area (Å²) in [6.45, 7) is 0.0670. The molecule has 0 bridgehead atoms. The van der Waals surface area contributed by atoms with E-state index in [1.54, 1.807) is 0 Å². The van der Waals surface area contributed by atoms with Crippen molar-refractivity contribution in [2.24, 2.45) is 4.99 Å². The van der Waals surface area contributed by atoms with Crippen LogP contribution in [-0.4, -0.2) is 25.8 Å². The molecule has 0 unspecified atom stereocenters. The molecule has 1 aliphatic heterocycles. The zero-order valence-electron chi connectivity index (χ0n) is 15.3. The molecule has 2 aromatic carbocycles. The van der Waals surface area contributed by atoms with Crippen molar-refractivity contribution in [3.8, 4) is 0 Å². The van der Waals surface area contributed by atoms with E-state index in [1.165, 1.54) is 0 Å². The normalized spacial score (nSPS) is 19.7. The first-order valence-electron chi connectivity index (χ1n) is 8.72. The Morgan fingerprint density at radius 2 is 1.45 bits per heavy atom. The zero-order valence-corrected chi connectivity index (χ0v) is 15.3. The maximum atomic E-state index is 13.7. The van der Waals surface area contributed by atoms with E-state index in [2.05, 4.69) is 10.4 Å². The molecule has 0 radical (unpaired) electrons. The second-order valence-electron chi connectivity index (χ2n) is 6.55. The average molecular weight is 457 g/mol. The average Bonchev–Trinajstić information content (AvgIpc) is 3.07. The van der Waals surface area contributed by atoms with Gasteiger partial charge in [0.2, 0.25) is 11.7 Å². The molecular formula is C17H13BF9N3O. The molecule has 3 N–H and O–H groups in total. The highest BCUT2D eigenvalue weighted by Crippen LogP contribution is 2.37. The highest BCUT2D eigenvalue weighted by Gasteiger charge is 2.37. The van der Waals surface area contributed by atoms with E-state index < -0.39 is 42.0 Å². The maximum Gasteiger partial charge on any atom is 0.673 e. The number of hydrogen-bond acceptors (Lipinski definition) is 3. The van der Waals surface area contributed by atoms with Gasteiger partial charge in [0, 0.05) is 6.42 Å². The smallest absolute Gasteiger partial charge is 0.418 e. The fraction of sp³-hybridized carbons (Fsp3) is 0.235. The van der Waals surface area contributed by atoms with Gasteiger partial charge in [-0.05, 0) is 11.1 Å². The third-order valence-corrected chi connectivity index (χ3v) is 4.49. The minimum absolute atomic E-state index is 0.0670. The highest BCUT2D eigenvalue weighted by molar-refractivity contribution is 6.50. The summed E-state index contributed by atoms with van der Waals surface area (Å²) in [6, 6.07) is 7.43. The summed E-state index contributed by atoms with van der Waals surface area (Å²) >= 11 is 0. The number of aliphatic imine (C=N–C) groups is 1. The van der Waals surface area contributed by atoms with Crippen LogP contribution in [-0.2, 0) is 11.2 Å². The van der Waals surface area contributed by atoms with E-state index in [-0.39, 0.29) is 18.8 Å². The Bertz CT molecular complexity index is 980. The molecule has 1 heterocycles. The lowest BCUT2D eigenvalue weighted by molar-refractivity contribution is -0.511. The van der Waals surface area contributed by atoms with Crippen molar-refractivity contribution in [1.82, 2.24) is 0 Å². The Hall–Kier alpha value is -2.74. The summed E-state index contributed by atoms with van der Waals surface area (Å²) < 4.78 is 112. The molecule has 0 aromatic heterocycles. The standard InChI is InChI=1S/C17H12F5N3O.BF4/c18-11-12(19)14(21)17(15(22)13(11)20)25-24-10-6-26-9-5-7-3-1-2-4-8(7)16(9)23-10;2-1(3,4)5/h1-4,9,16,25H,5-6H2,(H,23,24);/q;-1/p+1/t9-,16+;/m0./s1. The number of anilines is 1. The van der Waals surface area contributed by atoms with Crippen LogP contribution in [0.15, 0.2) is 29.3 Å². The number of hydrogen-bond donors (Lipinski definition) is 2. The van der Waals surface area contributed by atoms with Gasteiger partial charge in [-0.1, -0.05) is 24.3 Å². The Balaban J connectivity index is 0.000000491. The number of rotatable bonds is 2. The van der Waals surface area contributed by atoms with Crippen molar-refractivity contribution in [2.75, 3.05) is 12.0 Å². The van der Waals surface area contributed by atoms with Crippen molar-refractivity contribution in [2.45, 2.75) is 18.6 Å². The number of fused-ring (bicyclic) bond motifs is 3. The van der Waals surface area contributed by atoms with Gasteiger partial charge < -0.3 is 22.0 Å². The monoisotopic (exact) mass is 457 g/mol. The van der Waals surface area contributed by atoms with Crippen LogP contribution in [0.3, 0.4) is 0 Å². The molecule has 31 heavy (non-hydrogen) atoms. The minimum Gasteiger partial charge on any atom is -0.418 e. The van der Waals surface area contributed by atoms with Gasteiger partial charge in [-0.25, -0.2) is 32.4 Å². The second kappa shape index (κ2) is 8.79. The number of nitrogens with zero attached hydrogens (tertiary/aromatic N) is 1. The molecule has 2 aromatic rings. The molecule has 2 atom stereocenters. The number of benzene rings is 2. The Morgan fingerprint density at radius 3 is 2.06 bits per heavy atom. The summed E-state index contributed by atoms with van der Waals surface area (Å²) in [5, 5.41) is 0. The predicted molar refractivity (Wildman–Crippen MR) is 92.0 cm³/mol. The molecule has 0 spiro atoms. The number of nitrogen functional groups attached to an aromatic ring is 1. The van der Waals surface area contributed by atoms with Gasteiger partial charge in [0.05, 0.1) is 6.10 Å². The van der Waals surface area contributed by atoms with E-state index in [0.717, 1.165) is 16.6 Å². The van der Waals surface area contributed by atoms with Crippen molar-refractivity contribution in [1.29, 1.82) is 0 Å². The van der Waals surface area contributed by atoms with Crippen LogP contribution >= 0.6 is 0 Å². The van der Waals surface area contributed by atoms with Crippen LogP contribution in [0, 0.1) is 29.1 Å². The number of quaternary nitrogens is 1. The SMILES string of the molecule is F[B-](F)(F)F.Fc1c(F)c(F)c(N[NH2+]C2=N[C@@H]3c4ccccc4C[C@@H]3OC2)c(F)c1F. The molecule has 0 saturated carbocycles. The van der Waals surface area contributed by atoms with Crippen LogP contribution in [0.4, 0.5) is 44.9 Å². The van der Waals surface area contributed by atoms with Gasteiger partial charge >= 0.3 is 7.25 Å². The zero-order chi connectivity index (χ0) is 22.9. The Morgan fingerprint density at radius 1 is 0.903 bits per heavy atom. The first-order valence-corrected chi connectivity index (χ1v) is 8.72. The van der Waals surface area contributed by atoms with Gasteiger partial charge in [-0.3, -0.25) is 0 Å². The molecule has 0 amide bonds. The van der Waals surface area contributed by atoms with Crippen LogP contribution in [0.5, 0.6) is 0 Å². The minimum atomic E-state index is -6.00. The summed E-state index contributed by atoms with van der Waals surface area (Å²) in [6.07, 6.45) is 0.585. The first-order chi connectivity index (χ1) is 14.5.